The molecule has 2 aromatic carbocycles. The first-order valence-corrected chi connectivity index (χ1v) is 9.37. The first-order valence-electron chi connectivity index (χ1n) is 8.49. The molecule has 3 aromatic rings. The Kier molecular flexibility index (Phi) is 6.57. The molecule has 0 amide bonds. The van der Waals surface area contributed by atoms with E-state index >= 15 is 0 Å². The second kappa shape index (κ2) is 9.29. The van der Waals surface area contributed by atoms with Crippen molar-refractivity contribution in [1.29, 1.82) is 0 Å². The monoisotopic (exact) mass is 401 g/mol. The maximum atomic E-state index is 13.3. The van der Waals surface area contributed by atoms with Crippen LogP contribution in [0.2, 0.25) is 0 Å². The number of rotatable bonds is 7. The Morgan fingerprint density at radius 3 is 2.68 bits per heavy atom. The van der Waals surface area contributed by atoms with E-state index in [2.05, 4.69) is 10.1 Å². The summed E-state index contributed by atoms with van der Waals surface area (Å²) >= 11 is 1.44. The van der Waals surface area contributed by atoms with E-state index in [1.165, 1.54) is 30.6 Å². The van der Waals surface area contributed by atoms with Crippen molar-refractivity contribution in [2.45, 2.75) is 0 Å². The van der Waals surface area contributed by atoms with Crippen LogP contribution in [0.1, 0.15) is 5.56 Å². The topological polar surface area (TPSA) is 68.3 Å². The summed E-state index contributed by atoms with van der Waals surface area (Å²) in [5.74, 6) is 0.128. The molecule has 6 nitrogen and oxygen atoms in total. The molecule has 1 heterocycles. The van der Waals surface area contributed by atoms with Crippen molar-refractivity contribution >= 4 is 17.6 Å². The lowest BCUT2D eigenvalue weighted by Gasteiger charge is -2.05. The third kappa shape index (κ3) is 4.65. The normalized spacial score (nSPS) is 12.0. The highest BCUT2D eigenvalue weighted by atomic mass is 32.1. The molecule has 28 heavy (non-hydrogen) atoms. The Labute approximate surface area is 165 Å². The Morgan fingerprint density at radius 1 is 1.18 bits per heavy atom. The lowest BCUT2D eigenvalue weighted by Crippen LogP contribution is -2.13. The molecule has 1 aromatic heterocycles. The molecule has 3 rings (SSSR count). The standard InChI is InChI=1S/C20H20FN3O3S/c1-26-10-9-22-20-24(17(13-28-20)15-4-6-16(21)7-5-15)23-12-14-3-8-18(25)19(11-14)27-2/h3-8,11-13,25H,9-10H2,1-2H3/b22-20?,23-12-. The number of nitrogens with zero attached hydrogens (tertiary/aromatic N) is 3. The number of aromatic hydroxyl groups is 1. The van der Waals surface area contributed by atoms with Crippen molar-refractivity contribution in [1.82, 2.24) is 4.68 Å². The van der Waals surface area contributed by atoms with E-state index in [0.29, 0.717) is 23.7 Å². The summed E-state index contributed by atoms with van der Waals surface area (Å²) < 4.78 is 25.2. The maximum Gasteiger partial charge on any atom is 0.206 e. The molecule has 0 saturated heterocycles. The molecule has 0 atom stereocenters. The average Bonchev–Trinajstić information content (AvgIpc) is 3.11. The molecule has 0 radical (unpaired) electrons. The van der Waals surface area contributed by atoms with Crippen LogP contribution in [0.5, 0.6) is 11.5 Å². The van der Waals surface area contributed by atoms with Crippen LogP contribution in [0, 0.1) is 5.82 Å². The zero-order valence-corrected chi connectivity index (χ0v) is 16.3. The molecule has 0 aliphatic heterocycles. The number of aromatic nitrogens is 1. The minimum atomic E-state index is -0.296. The maximum absolute atomic E-state index is 13.3. The molecule has 146 valence electrons. The van der Waals surface area contributed by atoms with Gasteiger partial charge in [0.1, 0.15) is 5.82 Å². The van der Waals surface area contributed by atoms with Gasteiger partial charge in [0.2, 0.25) is 4.80 Å². The molecule has 0 aliphatic rings. The van der Waals surface area contributed by atoms with Crippen molar-refractivity contribution < 1.29 is 19.0 Å². The molecule has 0 aliphatic carbocycles. The van der Waals surface area contributed by atoms with E-state index in [-0.39, 0.29) is 11.6 Å². The number of thiazole rings is 1. The highest BCUT2D eigenvalue weighted by molar-refractivity contribution is 7.07. The largest absolute Gasteiger partial charge is 0.504 e. The molecule has 8 heteroatoms. The Balaban J connectivity index is 2.02. The third-order valence-corrected chi connectivity index (χ3v) is 4.75. The van der Waals surface area contributed by atoms with Gasteiger partial charge >= 0.3 is 0 Å². The fourth-order valence-electron chi connectivity index (χ4n) is 2.47. The lowest BCUT2D eigenvalue weighted by molar-refractivity contribution is 0.207. The van der Waals surface area contributed by atoms with Gasteiger partial charge in [-0.15, -0.1) is 11.3 Å². The van der Waals surface area contributed by atoms with Crippen LogP contribution in [-0.4, -0.2) is 43.4 Å². The van der Waals surface area contributed by atoms with E-state index in [9.17, 15) is 9.50 Å². The Bertz CT molecular complexity index is 1030. The quantitative estimate of drug-likeness (QED) is 0.487. The van der Waals surface area contributed by atoms with Crippen LogP contribution >= 0.6 is 11.3 Å². The number of methoxy groups -OCH3 is 2. The molecule has 1 N–H and O–H groups in total. The van der Waals surface area contributed by atoms with Crippen LogP contribution in [0.3, 0.4) is 0 Å². The number of hydrogen-bond acceptors (Lipinski definition) is 6. The van der Waals surface area contributed by atoms with E-state index in [0.717, 1.165) is 16.8 Å². The number of halogens is 1. The van der Waals surface area contributed by atoms with Gasteiger partial charge < -0.3 is 14.6 Å². The minimum Gasteiger partial charge on any atom is -0.504 e. The zero-order chi connectivity index (χ0) is 19.9. The van der Waals surface area contributed by atoms with E-state index in [1.54, 1.807) is 48.3 Å². The molecule has 0 unspecified atom stereocenters. The first-order chi connectivity index (χ1) is 13.6. The van der Waals surface area contributed by atoms with Gasteiger partial charge in [-0.1, -0.05) is 0 Å². The van der Waals surface area contributed by atoms with Crippen LogP contribution < -0.4 is 9.54 Å². The number of hydrogen-bond donors (Lipinski definition) is 1. The summed E-state index contributed by atoms with van der Waals surface area (Å²) in [5.41, 5.74) is 2.37. The SMILES string of the molecule is COCCN=c1scc(-c2ccc(F)cc2)n1/N=C\c1ccc(O)c(OC)c1. The highest BCUT2D eigenvalue weighted by Gasteiger charge is 2.08. The molecular formula is C20H20FN3O3S. The Morgan fingerprint density at radius 2 is 1.96 bits per heavy atom. The van der Waals surface area contributed by atoms with E-state index in [1.807, 2.05) is 5.38 Å². The van der Waals surface area contributed by atoms with Crippen molar-refractivity contribution in [2.24, 2.45) is 10.1 Å². The van der Waals surface area contributed by atoms with Crippen LogP contribution in [0.15, 0.2) is 57.9 Å². The first kappa shape index (κ1) is 19.8. The fraction of sp³-hybridized carbons (Fsp3) is 0.200. The van der Waals surface area contributed by atoms with Gasteiger partial charge in [0, 0.05) is 18.1 Å². The van der Waals surface area contributed by atoms with Crippen molar-refractivity contribution in [2.75, 3.05) is 27.4 Å². The van der Waals surface area contributed by atoms with Gasteiger partial charge in [0.05, 0.1) is 32.2 Å². The summed E-state index contributed by atoms with van der Waals surface area (Å²) in [6, 6.07) is 11.2. The number of ether oxygens (including phenoxy) is 2. The molecule has 0 saturated carbocycles. The second-order valence-electron chi connectivity index (χ2n) is 5.77. The highest BCUT2D eigenvalue weighted by Crippen LogP contribution is 2.26. The number of benzene rings is 2. The van der Waals surface area contributed by atoms with Crippen molar-refractivity contribution in [3.63, 3.8) is 0 Å². The van der Waals surface area contributed by atoms with Gasteiger partial charge in [-0.2, -0.15) is 5.10 Å². The zero-order valence-electron chi connectivity index (χ0n) is 15.5. The van der Waals surface area contributed by atoms with Gasteiger partial charge in [0.25, 0.3) is 0 Å². The van der Waals surface area contributed by atoms with Crippen molar-refractivity contribution in [3.05, 3.63) is 64.0 Å². The predicted octanol–water partition coefficient (Wildman–Crippen LogP) is 3.50. The van der Waals surface area contributed by atoms with Gasteiger partial charge in [-0.05, 0) is 48.0 Å². The molecule has 0 spiro atoms. The summed E-state index contributed by atoms with van der Waals surface area (Å²) in [6.07, 6.45) is 1.65. The molecule has 0 fully saturated rings. The van der Waals surface area contributed by atoms with Crippen LogP contribution in [0.25, 0.3) is 11.3 Å². The van der Waals surface area contributed by atoms with Crippen LogP contribution in [-0.2, 0) is 4.74 Å². The Hall–Kier alpha value is -2.97. The van der Waals surface area contributed by atoms with Crippen molar-refractivity contribution in [3.8, 4) is 22.8 Å². The third-order valence-electron chi connectivity index (χ3n) is 3.89. The summed E-state index contributed by atoms with van der Waals surface area (Å²) in [5, 5.41) is 16.2. The summed E-state index contributed by atoms with van der Waals surface area (Å²) in [7, 11) is 3.11. The molecular weight excluding hydrogens is 381 g/mol. The molecule has 0 bridgehead atoms. The van der Waals surface area contributed by atoms with E-state index in [4.69, 9.17) is 9.47 Å². The summed E-state index contributed by atoms with van der Waals surface area (Å²) in [6.45, 7) is 1.01. The lowest BCUT2D eigenvalue weighted by atomic mass is 10.2. The smallest absolute Gasteiger partial charge is 0.206 e. The fourth-order valence-corrected chi connectivity index (χ4v) is 3.33. The number of phenolic OH excluding ortho intramolecular Hbond substituents is 1. The summed E-state index contributed by atoms with van der Waals surface area (Å²) in [4.78, 5) is 5.22. The number of phenols is 1. The predicted molar refractivity (Wildman–Crippen MR) is 108 cm³/mol. The van der Waals surface area contributed by atoms with E-state index < -0.39 is 0 Å². The van der Waals surface area contributed by atoms with Crippen LogP contribution in [0.4, 0.5) is 4.39 Å². The second-order valence-corrected chi connectivity index (χ2v) is 6.61. The van der Waals surface area contributed by atoms with Gasteiger partial charge in [-0.25, -0.2) is 9.07 Å². The average molecular weight is 401 g/mol. The minimum absolute atomic E-state index is 0.0603. The van der Waals surface area contributed by atoms with Gasteiger partial charge in [-0.3, -0.25) is 4.99 Å². The van der Waals surface area contributed by atoms with Gasteiger partial charge in [0.15, 0.2) is 11.5 Å².